The summed E-state index contributed by atoms with van der Waals surface area (Å²) in [4.78, 5) is 23.5. The fourth-order valence-corrected chi connectivity index (χ4v) is 7.10. The molecule has 1 aliphatic heterocycles. The van der Waals surface area contributed by atoms with Gasteiger partial charge in [0.2, 0.25) is 0 Å². The summed E-state index contributed by atoms with van der Waals surface area (Å²) in [6, 6.07) is 0. The van der Waals surface area contributed by atoms with Gasteiger partial charge in [-0.2, -0.15) is 0 Å². The monoisotopic (exact) mass is 450 g/mol. The van der Waals surface area contributed by atoms with Crippen molar-refractivity contribution in [3.63, 3.8) is 0 Å². The minimum atomic E-state index is -1.32. The van der Waals surface area contributed by atoms with Crippen molar-refractivity contribution in [3.8, 4) is 0 Å². The molecule has 0 amide bonds. The topological polar surface area (TPSA) is 124 Å². The lowest BCUT2D eigenvalue weighted by Gasteiger charge is -2.62. The van der Waals surface area contributed by atoms with Crippen molar-refractivity contribution in [1.29, 1.82) is 0 Å². The molecule has 7 heteroatoms. The predicted molar refractivity (Wildman–Crippen MR) is 118 cm³/mol. The minimum Gasteiger partial charge on any atom is -0.452 e. The number of carbonyl (C=O) groups is 2. The molecule has 3 unspecified atom stereocenters. The van der Waals surface area contributed by atoms with Gasteiger partial charge in [-0.05, 0) is 62.0 Å². The molecule has 180 valence electrons. The molecule has 0 spiro atoms. The summed E-state index contributed by atoms with van der Waals surface area (Å²) in [6.07, 6.45) is 1.33. The van der Waals surface area contributed by atoms with Crippen molar-refractivity contribution >= 4 is 12.3 Å². The molecule has 3 rings (SSSR count). The normalized spacial score (nSPS) is 43.6. The van der Waals surface area contributed by atoms with Crippen LogP contribution in [0.3, 0.4) is 0 Å². The molecular weight excluding hydrogens is 412 g/mol. The molecule has 0 bridgehead atoms. The number of fused-ring (bicyclic) bond motifs is 1. The molecular formula is C25H38O7. The van der Waals surface area contributed by atoms with Gasteiger partial charge in [0.05, 0.1) is 11.7 Å². The Kier molecular flexibility index (Phi) is 6.80. The van der Waals surface area contributed by atoms with Crippen LogP contribution in [-0.2, 0) is 14.3 Å². The standard InChI is InChI=1S/C25H38O7/c1-14(19(29)20(30)21-15(2)11-18(28)32-21)7-8-17-24(4)10-6-9-23(3,13-26)22(24)16(27)12-25(17,5)31/h11,13,16-17,19-22,27,29-31H,1,6-10,12H2,2-5H3/t16-,17+,19?,20?,21?,22-,23-,24+,25+/m0/s1. The van der Waals surface area contributed by atoms with Crippen molar-refractivity contribution in [2.75, 3.05) is 0 Å². The average molecular weight is 451 g/mol. The highest BCUT2D eigenvalue weighted by Gasteiger charge is 2.62. The number of hydrogen-bond acceptors (Lipinski definition) is 7. The maximum Gasteiger partial charge on any atom is 0.331 e. The summed E-state index contributed by atoms with van der Waals surface area (Å²) in [5.41, 5.74) is -1.31. The number of aldehydes is 1. The van der Waals surface area contributed by atoms with Crippen LogP contribution in [0.15, 0.2) is 23.8 Å². The van der Waals surface area contributed by atoms with E-state index in [-0.39, 0.29) is 18.3 Å². The third-order valence-corrected chi connectivity index (χ3v) is 8.52. The van der Waals surface area contributed by atoms with Crippen LogP contribution in [0, 0.1) is 22.7 Å². The van der Waals surface area contributed by atoms with Crippen LogP contribution in [0.5, 0.6) is 0 Å². The lowest BCUT2D eigenvalue weighted by Crippen LogP contribution is -2.63. The SMILES string of the molecule is C=C(CC[C@@H]1[C@@]2(C)CCC[C@@](C)(C=O)[C@@H]2[C@@H](O)C[C@@]1(C)O)C(O)C(O)C1OC(=O)C=C1C. The smallest absolute Gasteiger partial charge is 0.331 e. The second kappa shape index (κ2) is 8.67. The van der Waals surface area contributed by atoms with E-state index < -0.39 is 46.8 Å². The Bertz CT molecular complexity index is 802. The fourth-order valence-electron chi connectivity index (χ4n) is 7.10. The first-order valence-electron chi connectivity index (χ1n) is 11.6. The molecule has 0 aromatic rings. The van der Waals surface area contributed by atoms with Crippen LogP contribution >= 0.6 is 0 Å². The predicted octanol–water partition coefficient (Wildman–Crippen LogP) is 2.06. The van der Waals surface area contributed by atoms with E-state index in [2.05, 4.69) is 13.5 Å². The Hall–Kier alpha value is -1.54. The molecule has 4 N–H and O–H groups in total. The first kappa shape index (κ1) is 25.1. The zero-order valence-electron chi connectivity index (χ0n) is 19.6. The van der Waals surface area contributed by atoms with E-state index in [9.17, 15) is 30.0 Å². The number of ether oxygens (including phenoxy) is 1. The maximum atomic E-state index is 12.0. The first-order chi connectivity index (χ1) is 14.8. The summed E-state index contributed by atoms with van der Waals surface area (Å²) in [5, 5.41) is 43.4. The Morgan fingerprint density at radius 3 is 2.53 bits per heavy atom. The number of hydrogen-bond donors (Lipinski definition) is 4. The van der Waals surface area contributed by atoms with Crippen molar-refractivity contribution < 1.29 is 34.8 Å². The highest BCUT2D eigenvalue weighted by molar-refractivity contribution is 5.85. The number of cyclic esters (lactones) is 1. The zero-order chi connectivity index (χ0) is 24.1. The van der Waals surface area contributed by atoms with Crippen molar-refractivity contribution in [2.24, 2.45) is 22.7 Å². The van der Waals surface area contributed by atoms with E-state index in [0.29, 0.717) is 30.4 Å². The van der Waals surface area contributed by atoms with E-state index in [1.54, 1.807) is 13.8 Å². The third-order valence-electron chi connectivity index (χ3n) is 8.52. The second-order valence-electron chi connectivity index (χ2n) is 11.0. The molecule has 0 aromatic heterocycles. The zero-order valence-corrected chi connectivity index (χ0v) is 19.6. The summed E-state index contributed by atoms with van der Waals surface area (Å²) < 4.78 is 5.08. The van der Waals surface area contributed by atoms with E-state index in [0.717, 1.165) is 19.1 Å². The number of rotatable bonds is 7. The Morgan fingerprint density at radius 1 is 1.31 bits per heavy atom. The van der Waals surface area contributed by atoms with Crippen LogP contribution in [0.4, 0.5) is 0 Å². The van der Waals surface area contributed by atoms with Crippen molar-refractivity contribution in [1.82, 2.24) is 0 Å². The number of aliphatic hydroxyl groups excluding tert-OH is 3. The van der Waals surface area contributed by atoms with E-state index >= 15 is 0 Å². The average Bonchev–Trinajstić information content (AvgIpc) is 3.03. The fraction of sp³-hybridized carbons (Fsp3) is 0.760. The van der Waals surface area contributed by atoms with Crippen LogP contribution in [0.1, 0.15) is 66.2 Å². The van der Waals surface area contributed by atoms with Crippen molar-refractivity contribution in [3.05, 3.63) is 23.8 Å². The highest BCUT2D eigenvalue weighted by Crippen LogP contribution is 2.62. The lowest BCUT2D eigenvalue weighted by molar-refractivity contribution is -0.213. The molecule has 2 fully saturated rings. The van der Waals surface area contributed by atoms with Gasteiger partial charge in [0.25, 0.3) is 0 Å². The van der Waals surface area contributed by atoms with Gasteiger partial charge in [0.15, 0.2) is 6.10 Å². The van der Waals surface area contributed by atoms with Gasteiger partial charge in [0.1, 0.15) is 18.5 Å². The van der Waals surface area contributed by atoms with E-state index in [4.69, 9.17) is 4.74 Å². The van der Waals surface area contributed by atoms with Gasteiger partial charge in [-0.1, -0.05) is 26.8 Å². The highest BCUT2D eigenvalue weighted by atomic mass is 16.6. The van der Waals surface area contributed by atoms with Gasteiger partial charge in [0, 0.05) is 23.8 Å². The van der Waals surface area contributed by atoms with Gasteiger partial charge in [-0.15, -0.1) is 0 Å². The molecule has 0 aromatic carbocycles. The molecule has 9 atom stereocenters. The third kappa shape index (κ3) is 4.20. The summed E-state index contributed by atoms with van der Waals surface area (Å²) in [7, 11) is 0. The lowest BCUT2D eigenvalue weighted by atomic mass is 9.44. The van der Waals surface area contributed by atoms with E-state index in [1.807, 2.05) is 6.92 Å². The van der Waals surface area contributed by atoms with Crippen LogP contribution in [0.2, 0.25) is 0 Å². The molecule has 2 aliphatic carbocycles. The summed E-state index contributed by atoms with van der Waals surface area (Å²) in [5.74, 6) is -1.04. The Morgan fingerprint density at radius 2 is 1.97 bits per heavy atom. The molecule has 1 heterocycles. The maximum absolute atomic E-state index is 12.0. The summed E-state index contributed by atoms with van der Waals surface area (Å²) in [6.45, 7) is 11.3. The van der Waals surface area contributed by atoms with Crippen LogP contribution in [-0.4, -0.2) is 62.7 Å². The first-order valence-corrected chi connectivity index (χ1v) is 11.6. The molecule has 2 saturated carbocycles. The Balaban J connectivity index is 1.76. The van der Waals surface area contributed by atoms with Crippen molar-refractivity contribution in [2.45, 2.75) is 96.2 Å². The number of esters is 1. The quantitative estimate of drug-likeness (QED) is 0.266. The molecule has 0 radical (unpaired) electrons. The molecule has 3 aliphatic rings. The van der Waals surface area contributed by atoms with Gasteiger partial charge >= 0.3 is 5.97 Å². The van der Waals surface area contributed by atoms with Gasteiger partial charge in [-0.3, -0.25) is 0 Å². The number of carbonyl (C=O) groups excluding carboxylic acids is 2. The molecule has 32 heavy (non-hydrogen) atoms. The molecule has 7 nitrogen and oxygen atoms in total. The van der Waals surface area contributed by atoms with E-state index in [1.165, 1.54) is 6.08 Å². The second-order valence-corrected chi connectivity index (χ2v) is 11.0. The van der Waals surface area contributed by atoms with Gasteiger partial charge < -0.3 is 30.0 Å². The largest absolute Gasteiger partial charge is 0.452 e. The minimum absolute atomic E-state index is 0.182. The van der Waals surface area contributed by atoms with Crippen LogP contribution < -0.4 is 0 Å². The number of aliphatic hydroxyl groups is 4. The Labute approximate surface area is 190 Å². The summed E-state index contributed by atoms with van der Waals surface area (Å²) >= 11 is 0. The molecule has 0 saturated heterocycles. The van der Waals surface area contributed by atoms with Crippen LogP contribution in [0.25, 0.3) is 0 Å². The van der Waals surface area contributed by atoms with Gasteiger partial charge in [-0.25, -0.2) is 4.79 Å².